The molecule has 6 aliphatic rings. The lowest BCUT2D eigenvalue weighted by Gasteiger charge is -2.40. The standard InChI is InChI=1S/2C15H29N.C13H25NO.C2H6/c1-4-13-9-15(10-13)11-14-5-7-16(8-6-14)12(2)3;1-3-13-4-6-14(7-5-13)12-15-8-10-16(2)11-9-15;1-3-11-9-13(10-11)15-12-5-7-14(4-2)8-6-12;1-2/h12-15H,4-11H2,1-3H3;13-15H,3-12H2,1-2H3;11-13H,3-10H2,1-2H3;1-2H3. The summed E-state index contributed by atoms with van der Waals surface area (Å²) in [5.41, 5.74) is 0. The van der Waals surface area contributed by atoms with Crippen molar-refractivity contribution in [2.75, 3.05) is 52.9 Å². The van der Waals surface area contributed by atoms with Gasteiger partial charge in [0, 0.05) is 19.1 Å². The Morgan fingerprint density at radius 2 is 0.939 bits per heavy atom. The lowest BCUT2D eigenvalue weighted by molar-refractivity contribution is -0.0936. The van der Waals surface area contributed by atoms with Crippen molar-refractivity contribution in [1.29, 1.82) is 0 Å². The Labute approximate surface area is 308 Å². The number of hydrogen-bond acceptors (Lipinski definition) is 4. The quantitative estimate of drug-likeness (QED) is 0.215. The second-order valence-corrected chi connectivity index (χ2v) is 17.8. The van der Waals surface area contributed by atoms with E-state index < -0.39 is 0 Å². The SMILES string of the molecule is CC.CCC1CC(CC2CCN(C(C)C)CC2)C1.CCC1CC(OC2CCN(CC)CC2)C1.CCC1CCC(CC2CCN(C)CC2)CC1. The van der Waals surface area contributed by atoms with Gasteiger partial charge in [0.15, 0.2) is 0 Å². The lowest BCUT2D eigenvalue weighted by Crippen LogP contribution is -2.41. The van der Waals surface area contributed by atoms with Crippen LogP contribution in [0.4, 0.5) is 0 Å². The van der Waals surface area contributed by atoms with Crippen LogP contribution in [0, 0.1) is 41.4 Å². The largest absolute Gasteiger partial charge is 0.375 e. The number of rotatable bonds is 11. The molecular formula is C45H89N3O. The van der Waals surface area contributed by atoms with Gasteiger partial charge in [0.1, 0.15) is 0 Å². The Balaban J connectivity index is 0.000000194. The van der Waals surface area contributed by atoms with Crippen LogP contribution in [0.2, 0.25) is 0 Å². The van der Waals surface area contributed by atoms with Crippen LogP contribution in [-0.2, 0) is 4.74 Å². The van der Waals surface area contributed by atoms with Gasteiger partial charge in [-0.1, -0.05) is 86.5 Å². The molecule has 4 nitrogen and oxygen atoms in total. The molecule has 6 rings (SSSR count). The van der Waals surface area contributed by atoms with Crippen molar-refractivity contribution in [3.63, 3.8) is 0 Å². The van der Waals surface area contributed by atoms with E-state index in [2.05, 4.69) is 63.3 Å². The molecule has 3 aliphatic heterocycles. The second kappa shape index (κ2) is 24.2. The van der Waals surface area contributed by atoms with Crippen molar-refractivity contribution in [1.82, 2.24) is 14.7 Å². The molecule has 6 fully saturated rings. The van der Waals surface area contributed by atoms with E-state index in [1.54, 1.807) is 25.7 Å². The predicted octanol–water partition coefficient (Wildman–Crippen LogP) is 11.6. The third-order valence-electron chi connectivity index (χ3n) is 14.1. The number of piperidine rings is 3. The summed E-state index contributed by atoms with van der Waals surface area (Å²) in [6.07, 6.45) is 28.6. The third kappa shape index (κ3) is 15.8. The molecule has 3 saturated heterocycles. The van der Waals surface area contributed by atoms with E-state index in [1.807, 2.05) is 13.8 Å². The summed E-state index contributed by atoms with van der Waals surface area (Å²) in [7, 11) is 2.27. The Kier molecular flexibility index (Phi) is 21.4. The summed E-state index contributed by atoms with van der Waals surface area (Å²) in [4.78, 5) is 7.66. The first kappa shape index (κ1) is 43.2. The Hall–Kier alpha value is -0.160. The van der Waals surface area contributed by atoms with Gasteiger partial charge in [0.2, 0.25) is 0 Å². The summed E-state index contributed by atoms with van der Waals surface area (Å²) in [5, 5.41) is 0. The van der Waals surface area contributed by atoms with Crippen molar-refractivity contribution in [2.24, 2.45) is 41.4 Å². The van der Waals surface area contributed by atoms with Crippen molar-refractivity contribution < 1.29 is 4.74 Å². The smallest absolute Gasteiger partial charge is 0.0603 e. The highest BCUT2D eigenvalue weighted by Gasteiger charge is 2.32. The summed E-state index contributed by atoms with van der Waals surface area (Å²) >= 11 is 0. The number of ether oxygens (including phenoxy) is 1. The molecule has 0 unspecified atom stereocenters. The topological polar surface area (TPSA) is 19.0 Å². The van der Waals surface area contributed by atoms with Gasteiger partial charge in [-0.2, -0.15) is 0 Å². The molecule has 0 aromatic carbocycles. The lowest BCUT2D eigenvalue weighted by atomic mass is 9.69. The van der Waals surface area contributed by atoms with Crippen LogP contribution in [0.5, 0.6) is 0 Å². The van der Waals surface area contributed by atoms with Crippen molar-refractivity contribution in [3.8, 4) is 0 Å². The van der Waals surface area contributed by atoms with Crippen molar-refractivity contribution in [3.05, 3.63) is 0 Å². The van der Waals surface area contributed by atoms with E-state index in [9.17, 15) is 0 Å². The van der Waals surface area contributed by atoms with E-state index >= 15 is 0 Å². The van der Waals surface area contributed by atoms with E-state index in [4.69, 9.17) is 4.74 Å². The van der Waals surface area contributed by atoms with Crippen LogP contribution in [-0.4, -0.2) is 85.8 Å². The number of nitrogens with zero attached hydrogens (tertiary/aromatic N) is 3. The van der Waals surface area contributed by atoms with E-state index in [0.717, 1.165) is 47.5 Å². The summed E-state index contributed by atoms with van der Waals surface area (Å²) in [5.74, 6) is 7.40. The number of likely N-dealkylation sites (tertiary alicyclic amines) is 3. The highest BCUT2D eigenvalue weighted by Crippen LogP contribution is 2.41. The average molecular weight is 688 g/mol. The molecule has 0 aromatic heterocycles. The number of hydrogen-bond donors (Lipinski definition) is 0. The van der Waals surface area contributed by atoms with E-state index in [0.29, 0.717) is 12.2 Å². The van der Waals surface area contributed by atoms with E-state index in [1.165, 1.54) is 142 Å². The maximum atomic E-state index is 6.13. The first-order valence-corrected chi connectivity index (χ1v) is 22.6. The molecule has 3 saturated carbocycles. The predicted molar refractivity (Wildman–Crippen MR) is 216 cm³/mol. The fraction of sp³-hybridized carbons (Fsp3) is 1.00. The van der Waals surface area contributed by atoms with Crippen LogP contribution in [0.1, 0.15) is 177 Å². The Morgan fingerprint density at radius 3 is 1.43 bits per heavy atom. The first-order valence-electron chi connectivity index (χ1n) is 22.6. The van der Waals surface area contributed by atoms with Gasteiger partial charge < -0.3 is 19.4 Å². The second-order valence-electron chi connectivity index (χ2n) is 17.8. The molecule has 0 spiro atoms. The summed E-state index contributed by atoms with van der Waals surface area (Å²) in [6.45, 7) is 27.0. The molecule has 290 valence electrons. The first-order chi connectivity index (χ1) is 23.8. The molecule has 0 radical (unpaired) electrons. The van der Waals surface area contributed by atoms with Crippen LogP contribution < -0.4 is 0 Å². The minimum atomic E-state index is 0.565. The minimum Gasteiger partial charge on any atom is -0.375 e. The normalized spacial score (nSPS) is 32.4. The van der Waals surface area contributed by atoms with Gasteiger partial charge >= 0.3 is 0 Å². The molecule has 0 atom stereocenters. The van der Waals surface area contributed by atoms with Crippen LogP contribution >= 0.6 is 0 Å². The minimum absolute atomic E-state index is 0.565. The highest BCUT2D eigenvalue weighted by atomic mass is 16.5. The van der Waals surface area contributed by atoms with Crippen LogP contribution in [0.3, 0.4) is 0 Å². The zero-order valence-electron chi connectivity index (χ0n) is 34.9. The fourth-order valence-electron chi connectivity index (χ4n) is 9.97. The molecule has 0 bridgehead atoms. The molecule has 0 aromatic rings. The molecule has 0 N–H and O–H groups in total. The summed E-state index contributed by atoms with van der Waals surface area (Å²) < 4.78 is 6.13. The molecule has 49 heavy (non-hydrogen) atoms. The van der Waals surface area contributed by atoms with Gasteiger partial charge in [-0.05, 0) is 172 Å². The molecule has 3 heterocycles. The van der Waals surface area contributed by atoms with Crippen LogP contribution in [0.15, 0.2) is 0 Å². The zero-order chi connectivity index (χ0) is 35.6. The highest BCUT2D eigenvalue weighted by molar-refractivity contribution is 4.84. The van der Waals surface area contributed by atoms with Crippen LogP contribution in [0.25, 0.3) is 0 Å². The molecule has 4 heteroatoms. The average Bonchev–Trinajstić information content (AvgIpc) is 3.11. The molecule has 0 amide bonds. The summed E-state index contributed by atoms with van der Waals surface area (Å²) in [6, 6.07) is 0.758. The zero-order valence-corrected chi connectivity index (χ0v) is 34.9. The van der Waals surface area contributed by atoms with Crippen molar-refractivity contribution in [2.45, 2.75) is 196 Å². The Morgan fingerprint density at radius 1 is 0.490 bits per heavy atom. The fourth-order valence-corrected chi connectivity index (χ4v) is 9.97. The maximum Gasteiger partial charge on any atom is 0.0603 e. The van der Waals surface area contributed by atoms with Gasteiger partial charge in [0.25, 0.3) is 0 Å². The molecule has 3 aliphatic carbocycles. The third-order valence-corrected chi connectivity index (χ3v) is 14.1. The van der Waals surface area contributed by atoms with Gasteiger partial charge in [-0.15, -0.1) is 0 Å². The van der Waals surface area contributed by atoms with Gasteiger partial charge in [-0.25, -0.2) is 0 Å². The molecular weight excluding hydrogens is 599 g/mol. The van der Waals surface area contributed by atoms with Gasteiger partial charge in [0.05, 0.1) is 12.2 Å². The Bertz CT molecular complexity index is 775. The van der Waals surface area contributed by atoms with E-state index in [-0.39, 0.29) is 0 Å². The van der Waals surface area contributed by atoms with Gasteiger partial charge in [-0.3, -0.25) is 0 Å². The monoisotopic (exact) mass is 688 g/mol. The maximum absolute atomic E-state index is 6.13. The van der Waals surface area contributed by atoms with Crippen molar-refractivity contribution >= 4 is 0 Å².